The minimum atomic E-state index is -4.31. The standard InChI is InChI=1S/C23H23N3O4S/c1-26(2)21-11-5-9-18-17(21)8-6-12-22(18)31(29,30)25-20(23(27)28)13-15-14-24-19-10-4-3-7-16(15)19/h3-12,14,20,24-25H,13H2,1-2H3,(H,27,28)/t20-/m0/s1/i12D. The second-order valence-corrected chi connectivity index (χ2v) is 9.17. The number of aliphatic carboxylic acids is 1. The van der Waals surface area contributed by atoms with Gasteiger partial charge in [-0.25, -0.2) is 8.42 Å². The van der Waals surface area contributed by atoms with Crippen molar-refractivity contribution in [1.29, 1.82) is 0 Å². The van der Waals surface area contributed by atoms with Crippen LogP contribution in [0.4, 0.5) is 5.69 Å². The number of carboxylic acids is 1. The van der Waals surface area contributed by atoms with E-state index in [2.05, 4.69) is 9.71 Å². The van der Waals surface area contributed by atoms with Crippen LogP contribution in [-0.2, 0) is 21.2 Å². The Hall–Kier alpha value is -3.36. The smallest absolute Gasteiger partial charge is 0.322 e. The highest BCUT2D eigenvalue weighted by atomic mass is 32.2. The fourth-order valence-electron chi connectivity index (χ4n) is 3.76. The van der Waals surface area contributed by atoms with Gasteiger partial charge in [-0.1, -0.05) is 42.5 Å². The van der Waals surface area contributed by atoms with Crippen LogP contribution in [0.3, 0.4) is 0 Å². The van der Waals surface area contributed by atoms with E-state index >= 15 is 0 Å². The molecule has 31 heavy (non-hydrogen) atoms. The van der Waals surface area contributed by atoms with Gasteiger partial charge in [-0.05, 0) is 23.7 Å². The third-order valence-corrected chi connectivity index (χ3v) is 6.71. The van der Waals surface area contributed by atoms with Crippen LogP contribution in [-0.4, -0.2) is 44.6 Å². The summed E-state index contributed by atoms with van der Waals surface area (Å²) in [6, 6.07) is 14.1. The van der Waals surface area contributed by atoms with Crippen LogP contribution in [0.25, 0.3) is 21.7 Å². The number of carbonyl (C=O) groups is 1. The Kier molecular flexibility index (Phi) is 5.09. The quantitative estimate of drug-likeness (QED) is 0.411. The van der Waals surface area contributed by atoms with Crippen molar-refractivity contribution >= 4 is 43.4 Å². The normalized spacial score (nSPS) is 13.3. The zero-order valence-electron chi connectivity index (χ0n) is 18.1. The van der Waals surface area contributed by atoms with Crippen molar-refractivity contribution in [3.05, 3.63) is 72.4 Å². The third-order valence-electron chi connectivity index (χ3n) is 5.24. The lowest BCUT2D eigenvalue weighted by Crippen LogP contribution is -2.42. The number of aromatic nitrogens is 1. The molecule has 1 atom stereocenters. The summed E-state index contributed by atoms with van der Waals surface area (Å²) in [7, 11) is -0.618. The Morgan fingerprint density at radius 3 is 2.55 bits per heavy atom. The summed E-state index contributed by atoms with van der Waals surface area (Å²) in [5.74, 6) is -1.29. The molecule has 3 N–H and O–H groups in total. The fourth-order valence-corrected chi connectivity index (χ4v) is 5.13. The molecule has 0 bridgehead atoms. The molecule has 0 saturated carbocycles. The number of para-hydroxylation sites is 1. The van der Waals surface area contributed by atoms with Gasteiger partial charge in [-0.2, -0.15) is 4.72 Å². The molecule has 0 unspecified atom stereocenters. The molecule has 0 aliphatic carbocycles. The molecule has 0 radical (unpaired) electrons. The minimum Gasteiger partial charge on any atom is -0.480 e. The highest BCUT2D eigenvalue weighted by Gasteiger charge is 2.28. The first-order valence-corrected chi connectivity index (χ1v) is 11.2. The SMILES string of the molecule is [2H]c1ccc2c(N(C)C)cccc2c1S(=O)(=O)N[C@@H](Cc1c[nH]c2ccccc12)C(=O)O. The summed E-state index contributed by atoms with van der Waals surface area (Å²) in [5, 5.41) is 11.6. The van der Waals surface area contributed by atoms with E-state index in [0.717, 1.165) is 16.6 Å². The molecule has 160 valence electrons. The van der Waals surface area contributed by atoms with E-state index in [9.17, 15) is 18.3 Å². The van der Waals surface area contributed by atoms with E-state index in [4.69, 9.17) is 1.37 Å². The van der Waals surface area contributed by atoms with Gasteiger partial charge in [0.05, 0.1) is 6.27 Å². The summed E-state index contributed by atoms with van der Waals surface area (Å²) in [6.45, 7) is 0. The van der Waals surface area contributed by atoms with Gasteiger partial charge in [0.15, 0.2) is 0 Å². The zero-order valence-corrected chi connectivity index (χ0v) is 17.9. The molecular formula is C23H23N3O4S. The van der Waals surface area contributed by atoms with Crippen molar-refractivity contribution in [2.45, 2.75) is 17.4 Å². The van der Waals surface area contributed by atoms with Crippen LogP contribution in [0.2, 0.25) is 0 Å². The zero-order chi connectivity index (χ0) is 23.0. The number of rotatable bonds is 7. The molecule has 7 nitrogen and oxygen atoms in total. The number of fused-ring (bicyclic) bond motifs is 2. The number of nitrogens with zero attached hydrogens (tertiary/aromatic N) is 1. The fraction of sp³-hybridized carbons (Fsp3) is 0.174. The second kappa shape index (κ2) is 8.05. The van der Waals surface area contributed by atoms with Crippen molar-refractivity contribution in [3.8, 4) is 0 Å². The van der Waals surface area contributed by atoms with Crippen LogP contribution in [0, 0.1) is 0 Å². The van der Waals surface area contributed by atoms with Crippen molar-refractivity contribution in [2.75, 3.05) is 19.0 Å². The first-order chi connectivity index (χ1) is 15.2. The molecule has 8 heteroatoms. The van der Waals surface area contributed by atoms with E-state index in [1.54, 1.807) is 24.4 Å². The molecule has 0 aliphatic rings. The van der Waals surface area contributed by atoms with Gasteiger partial charge in [0.25, 0.3) is 0 Å². The highest BCUT2D eigenvalue weighted by molar-refractivity contribution is 7.89. The Morgan fingerprint density at radius 1 is 1.10 bits per heavy atom. The number of benzene rings is 3. The number of anilines is 1. The molecule has 0 saturated heterocycles. The highest BCUT2D eigenvalue weighted by Crippen LogP contribution is 2.30. The van der Waals surface area contributed by atoms with Crippen LogP contribution in [0.15, 0.2) is 71.7 Å². The average molecular weight is 439 g/mol. The molecule has 0 spiro atoms. The maximum Gasteiger partial charge on any atom is 0.322 e. The summed E-state index contributed by atoms with van der Waals surface area (Å²) in [5.41, 5.74) is 2.33. The Morgan fingerprint density at radius 2 is 1.81 bits per heavy atom. The molecule has 0 fully saturated rings. The molecule has 4 aromatic rings. The minimum absolute atomic E-state index is 0.0420. The number of aromatic amines is 1. The number of nitrogens with one attached hydrogen (secondary N) is 2. The largest absolute Gasteiger partial charge is 0.480 e. The van der Waals surface area contributed by atoms with E-state index in [0.29, 0.717) is 16.3 Å². The van der Waals surface area contributed by atoms with Gasteiger partial charge in [0, 0.05) is 54.1 Å². The molecule has 1 heterocycles. The molecule has 3 aromatic carbocycles. The van der Waals surface area contributed by atoms with E-state index in [1.165, 1.54) is 6.07 Å². The Bertz CT molecular complexity index is 1430. The summed E-state index contributed by atoms with van der Waals surface area (Å²) < 4.78 is 37.3. The van der Waals surface area contributed by atoms with E-state index in [1.807, 2.05) is 49.3 Å². The van der Waals surface area contributed by atoms with Gasteiger partial charge < -0.3 is 15.0 Å². The van der Waals surface area contributed by atoms with E-state index in [-0.39, 0.29) is 17.4 Å². The Labute approximate surface area is 181 Å². The first-order valence-electron chi connectivity index (χ1n) is 10.2. The summed E-state index contributed by atoms with van der Waals surface area (Å²) in [6.07, 6.45) is 1.64. The number of carboxylic acid groups (broad SMARTS) is 1. The van der Waals surface area contributed by atoms with E-state index < -0.39 is 22.0 Å². The number of sulfonamides is 1. The topological polar surface area (TPSA) is 103 Å². The average Bonchev–Trinajstić information content (AvgIpc) is 3.15. The maximum absolute atomic E-state index is 13.3. The third kappa shape index (κ3) is 3.99. The molecule has 0 aliphatic heterocycles. The predicted octanol–water partition coefficient (Wildman–Crippen LogP) is 3.36. The van der Waals surface area contributed by atoms with Gasteiger partial charge in [0.1, 0.15) is 6.04 Å². The van der Waals surface area contributed by atoms with Crippen molar-refractivity contribution < 1.29 is 19.7 Å². The van der Waals surface area contributed by atoms with Crippen LogP contribution >= 0.6 is 0 Å². The summed E-state index contributed by atoms with van der Waals surface area (Å²) in [4.78, 5) is 16.7. The monoisotopic (exact) mass is 438 g/mol. The van der Waals surface area contributed by atoms with Gasteiger partial charge in [-0.3, -0.25) is 4.79 Å². The van der Waals surface area contributed by atoms with Gasteiger partial charge in [-0.15, -0.1) is 0 Å². The molecule has 0 amide bonds. The van der Waals surface area contributed by atoms with Crippen LogP contribution in [0.1, 0.15) is 6.93 Å². The lowest BCUT2D eigenvalue weighted by Gasteiger charge is -2.18. The molecule has 4 rings (SSSR count). The van der Waals surface area contributed by atoms with Gasteiger partial charge >= 0.3 is 5.97 Å². The predicted molar refractivity (Wildman–Crippen MR) is 122 cm³/mol. The van der Waals surface area contributed by atoms with Crippen molar-refractivity contribution in [1.82, 2.24) is 9.71 Å². The lowest BCUT2D eigenvalue weighted by molar-refractivity contribution is -0.138. The van der Waals surface area contributed by atoms with Crippen LogP contribution in [0.5, 0.6) is 0 Å². The molecule has 1 aromatic heterocycles. The second-order valence-electron chi connectivity index (χ2n) is 7.52. The Balaban J connectivity index is 1.75. The lowest BCUT2D eigenvalue weighted by atomic mass is 10.1. The van der Waals surface area contributed by atoms with Crippen molar-refractivity contribution in [3.63, 3.8) is 0 Å². The van der Waals surface area contributed by atoms with Crippen molar-refractivity contribution in [2.24, 2.45) is 0 Å². The molecular weight excluding hydrogens is 414 g/mol. The van der Waals surface area contributed by atoms with Crippen LogP contribution < -0.4 is 9.62 Å². The number of hydrogen-bond donors (Lipinski definition) is 3. The number of hydrogen-bond acceptors (Lipinski definition) is 4. The van der Waals surface area contributed by atoms with Gasteiger partial charge in [0.2, 0.25) is 10.0 Å². The maximum atomic E-state index is 13.3. The summed E-state index contributed by atoms with van der Waals surface area (Å²) >= 11 is 0. The first kappa shape index (κ1) is 19.6. The number of H-pyrrole nitrogens is 1.